The van der Waals surface area contributed by atoms with Crippen LogP contribution >= 0.6 is 11.6 Å². The number of barbiturate groups is 1. The molecule has 1 aliphatic rings. The number of rotatable bonds is 3. The highest BCUT2D eigenvalue weighted by atomic mass is 35.5. The van der Waals surface area contributed by atoms with E-state index in [1.165, 1.54) is 13.2 Å². The monoisotopic (exact) mass is 384 g/mol. The number of halogens is 1. The van der Waals surface area contributed by atoms with Crippen LogP contribution in [0.25, 0.3) is 6.08 Å². The minimum absolute atomic E-state index is 0.156. The summed E-state index contributed by atoms with van der Waals surface area (Å²) in [6, 6.07) is 9.39. The summed E-state index contributed by atoms with van der Waals surface area (Å²) >= 11 is 6.10. The number of hydrogen-bond donors (Lipinski definition) is 1. The quantitative estimate of drug-likeness (QED) is 0.647. The molecule has 0 unspecified atom stereocenters. The maximum atomic E-state index is 12.9. The Morgan fingerprint density at radius 3 is 2.52 bits per heavy atom. The molecule has 0 saturated carbocycles. The van der Waals surface area contributed by atoms with Crippen LogP contribution in [-0.4, -0.2) is 25.0 Å². The molecular weight excluding hydrogens is 368 g/mol. The molecule has 0 spiro atoms. The first-order chi connectivity index (χ1) is 12.8. The number of methoxy groups -OCH3 is 1. The zero-order valence-electron chi connectivity index (χ0n) is 15.0. The fourth-order valence-corrected chi connectivity index (χ4v) is 3.06. The molecule has 27 heavy (non-hydrogen) atoms. The second kappa shape index (κ2) is 7.25. The van der Waals surface area contributed by atoms with Crippen LogP contribution in [0.15, 0.2) is 42.0 Å². The van der Waals surface area contributed by atoms with E-state index in [-0.39, 0.29) is 5.57 Å². The average molecular weight is 385 g/mol. The van der Waals surface area contributed by atoms with E-state index in [2.05, 4.69) is 5.32 Å². The predicted molar refractivity (Wildman–Crippen MR) is 103 cm³/mol. The van der Waals surface area contributed by atoms with Crippen LogP contribution in [0.5, 0.6) is 5.75 Å². The van der Waals surface area contributed by atoms with Crippen molar-refractivity contribution in [2.75, 3.05) is 12.0 Å². The number of nitrogens with zero attached hydrogens (tertiary/aromatic N) is 1. The van der Waals surface area contributed by atoms with E-state index in [4.69, 9.17) is 16.3 Å². The predicted octanol–water partition coefficient (Wildman–Crippen LogP) is 3.63. The van der Waals surface area contributed by atoms with Crippen LogP contribution in [0.3, 0.4) is 0 Å². The van der Waals surface area contributed by atoms with Gasteiger partial charge >= 0.3 is 6.03 Å². The second-order valence-corrected chi connectivity index (χ2v) is 6.48. The first-order valence-corrected chi connectivity index (χ1v) is 8.52. The van der Waals surface area contributed by atoms with E-state index in [9.17, 15) is 14.4 Å². The van der Waals surface area contributed by atoms with Gasteiger partial charge in [-0.15, -0.1) is 0 Å². The fraction of sp³-hybridized carbons (Fsp3) is 0.150. The van der Waals surface area contributed by atoms with Crippen molar-refractivity contribution in [3.8, 4) is 5.75 Å². The third kappa shape index (κ3) is 3.44. The van der Waals surface area contributed by atoms with Gasteiger partial charge in [-0.05, 0) is 54.8 Å². The van der Waals surface area contributed by atoms with Gasteiger partial charge in [0.05, 0.1) is 17.8 Å². The molecule has 7 heteroatoms. The topological polar surface area (TPSA) is 75.7 Å². The molecule has 0 aromatic heterocycles. The van der Waals surface area contributed by atoms with Crippen LogP contribution < -0.4 is 15.0 Å². The van der Waals surface area contributed by atoms with Crippen molar-refractivity contribution in [2.45, 2.75) is 13.8 Å². The van der Waals surface area contributed by atoms with Gasteiger partial charge in [0.2, 0.25) is 0 Å². The Hall–Kier alpha value is -3.12. The number of amides is 4. The lowest BCUT2D eigenvalue weighted by molar-refractivity contribution is -0.122. The number of hydrogen-bond acceptors (Lipinski definition) is 4. The van der Waals surface area contributed by atoms with Crippen LogP contribution in [-0.2, 0) is 9.59 Å². The van der Waals surface area contributed by atoms with Crippen LogP contribution in [0.4, 0.5) is 10.5 Å². The summed E-state index contributed by atoms with van der Waals surface area (Å²) < 4.78 is 5.09. The Balaban J connectivity index is 2.05. The van der Waals surface area contributed by atoms with Crippen molar-refractivity contribution < 1.29 is 19.1 Å². The normalized spacial score (nSPS) is 15.9. The number of benzene rings is 2. The number of nitrogens with one attached hydrogen (secondary N) is 1. The minimum Gasteiger partial charge on any atom is -0.495 e. The summed E-state index contributed by atoms with van der Waals surface area (Å²) in [7, 11) is 1.49. The number of anilines is 1. The summed E-state index contributed by atoms with van der Waals surface area (Å²) in [5, 5.41) is 2.56. The maximum Gasteiger partial charge on any atom is 0.335 e. The Morgan fingerprint density at radius 2 is 1.85 bits per heavy atom. The Labute approximate surface area is 161 Å². The smallest absolute Gasteiger partial charge is 0.335 e. The molecule has 1 N–H and O–H groups in total. The van der Waals surface area contributed by atoms with Crippen LogP contribution in [0, 0.1) is 13.8 Å². The highest BCUT2D eigenvalue weighted by Gasteiger charge is 2.37. The molecule has 0 atom stereocenters. The number of aryl methyl sites for hydroxylation is 1. The zero-order chi connectivity index (χ0) is 19.7. The van der Waals surface area contributed by atoms with Gasteiger partial charge in [-0.3, -0.25) is 14.9 Å². The molecule has 1 aliphatic heterocycles. The lowest BCUT2D eigenvalue weighted by Gasteiger charge is -2.28. The molecule has 2 aromatic rings. The standard InChI is InChI=1S/C20H17ClN2O4/c1-11-5-4-6-16(12(11)2)23-19(25)14(18(24)22-20(23)26)9-13-7-8-17(27-3)15(21)10-13/h4-10H,1-3H3,(H,22,24,26). The van der Waals surface area contributed by atoms with Crippen molar-refractivity contribution in [1.29, 1.82) is 0 Å². The van der Waals surface area contributed by atoms with Crippen molar-refractivity contribution in [3.63, 3.8) is 0 Å². The number of urea groups is 1. The van der Waals surface area contributed by atoms with Gasteiger partial charge in [-0.1, -0.05) is 29.8 Å². The van der Waals surface area contributed by atoms with E-state index >= 15 is 0 Å². The molecule has 6 nitrogen and oxygen atoms in total. The zero-order valence-corrected chi connectivity index (χ0v) is 15.8. The molecular formula is C20H17ClN2O4. The molecule has 4 amide bonds. The third-order valence-corrected chi connectivity index (χ3v) is 4.70. The van der Waals surface area contributed by atoms with Crippen LogP contribution in [0.2, 0.25) is 5.02 Å². The van der Waals surface area contributed by atoms with Gasteiger partial charge < -0.3 is 4.74 Å². The molecule has 3 rings (SSSR count). The summed E-state index contributed by atoms with van der Waals surface area (Å²) in [6.45, 7) is 3.70. The summed E-state index contributed by atoms with van der Waals surface area (Å²) in [6.07, 6.45) is 1.40. The molecule has 1 fully saturated rings. The van der Waals surface area contributed by atoms with Crippen molar-refractivity contribution in [2.24, 2.45) is 0 Å². The third-order valence-electron chi connectivity index (χ3n) is 4.41. The van der Waals surface area contributed by atoms with Gasteiger partial charge in [-0.25, -0.2) is 9.69 Å². The molecule has 138 valence electrons. The van der Waals surface area contributed by atoms with Gasteiger partial charge in [0.1, 0.15) is 11.3 Å². The average Bonchev–Trinajstić information content (AvgIpc) is 2.62. The highest BCUT2D eigenvalue weighted by molar-refractivity contribution is 6.39. The van der Waals surface area contributed by atoms with Crippen LogP contribution in [0.1, 0.15) is 16.7 Å². The number of ether oxygens (including phenoxy) is 1. The number of carbonyl (C=O) groups excluding carboxylic acids is 3. The highest BCUT2D eigenvalue weighted by Crippen LogP contribution is 2.29. The lowest BCUT2D eigenvalue weighted by Crippen LogP contribution is -2.54. The van der Waals surface area contributed by atoms with Crippen molar-refractivity contribution in [1.82, 2.24) is 5.32 Å². The number of carbonyl (C=O) groups is 3. The Bertz CT molecular complexity index is 997. The molecule has 0 aliphatic carbocycles. The summed E-state index contributed by atoms with van der Waals surface area (Å²) in [5.74, 6) is -0.965. The molecule has 2 aromatic carbocycles. The summed E-state index contributed by atoms with van der Waals surface area (Å²) in [5.41, 5.74) is 2.52. The van der Waals surface area contributed by atoms with Crippen molar-refractivity contribution >= 4 is 41.2 Å². The molecule has 0 bridgehead atoms. The summed E-state index contributed by atoms with van der Waals surface area (Å²) in [4.78, 5) is 38.5. The molecule has 0 radical (unpaired) electrons. The molecule has 1 saturated heterocycles. The van der Waals surface area contributed by atoms with Gasteiger partial charge in [-0.2, -0.15) is 0 Å². The van der Waals surface area contributed by atoms with E-state index in [0.717, 1.165) is 16.0 Å². The van der Waals surface area contributed by atoms with Crippen molar-refractivity contribution in [3.05, 3.63) is 63.7 Å². The SMILES string of the molecule is COc1ccc(C=C2C(=O)NC(=O)N(c3cccc(C)c3C)C2=O)cc1Cl. The van der Waals surface area contributed by atoms with E-state index in [0.29, 0.717) is 22.0 Å². The van der Waals surface area contributed by atoms with Gasteiger partial charge in [0.25, 0.3) is 11.8 Å². The lowest BCUT2D eigenvalue weighted by atomic mass is 10.0. The van der Waals surface area contributed by atoms with E-state index in [1.54, 1.807) is 30.3 Å². The fourth-order valence-electron chi connectivity index (χ4n) is 2.79. The first-order valence-electron chi connectivity index (χ1n) is 8.14. The van der Waals surface area contributed by atoms with E-state index < -0.39 is 17.8 Å². The second-order valence-electron chi connectivity index (χ2n) is 6.07. The van der Waals surface area contributed by atoms with E-state index in [1.807, 2.05) is 19.9 Å². The number of imide groups is 2. The Morgan fingerprint density at radius 1 is 1.11 bits per heavy atom. The van der Waals surface area contributed by atoms with Gasteiger partial charge in [0, 0.05) is 0 Å². The first kappa shape index (κ1) is 18.7. The largest absolute Gasteiger partial charge is 0.495 e. The Kier molecular flexibility index (Phi) is 5.01. The minimum atomic E-state index is -0.774. The maximum absolute atomic E-state index is 12.9. The molecule has 1 heterocycles. The van der Waals surface area contributed by atoms with Gasteiger partial charge in [0.15, 0.2) is 0 Å².